The van der Waals surface area contributed by atoms with E-state index in [1.54, 1.807) is 0 Å². The van der Waals surface area contributed by atoms with Gasteiger partial charge in [0.15, 0.2) is 0 Å². The molecule has 0 atom stereocenters. The highest BCUT2D eigenvalue weighted by molar-refractivity contribution is 5.23. The number of aryl methyl sites for hydroxylation is 2. The minimum atomic E-state index is 0.844. The molecule has 1 aromatic carbocycles. The predicted molar refractivity (Wildman–Crippen MR) is 58.1 cm³/mol. The monoisotopic (exact) mass is 180 g/mol. The van der Waals surface area contributed by atoms with Crippen LogP contribution in [0.1, 0.15) is 25.0 Å². The molecule has 0 N–H and O–H groups in total. The molecule has 1 nitrogen and oxygen atoms in total. The van der Waals surface area contributed by atoms with Crippen LogP contribution in [-0.2, 0) is 4.74 Å². The van der Waals surface area contributed by atoms with Crippen molar-refractivity contribution < 1.29 is 4.74 Å². The lowest BCUT2D eigenvalue weighted by atomic mass is 10.1. The number of hydrogen-bond acceptors (Lipinski definition) is 1. The second-order valence-electron chi connectivity index (χ2n) is 2.87. The minimum Gasteiger partial charge on any atom is -0.382 e. The van der Waals surface area contributed by atoms with Crippen LogP contribution in [0.5, 0.6) is 0 Å². The standard InChI is InChI=1S/C8H10.C4H10O/c1-7-5-3-4-6-8(7)2;1-3-5-4-2/h3-6H,1-2H3;3-4H2,1-2H3. The predicted octanol–water partition coefficient (Wildman–Crippen LogP) is 3.35. The molecule has 1 heteroatoms. The average Bonchev–Trinajstić information content (AvgIpc) is 2.13. The van der Waals surface area contributed by atoms with E-state index in [4.69, 9.17) is 4.74 Å². The second kappa shape index (κ2) is 7.81. The van der Waals surface area contributed by atoms with Crippen LogP contribution in [-0.4, -0.2) is 13.2 Å². The maximum absolute atomic E-state index is 4.83. The first-order chi connectivity index (χ1) is 6.22. The highest BCUT2D eigenvalue weighted by atomic mass is 16.5. The van der Waals surface area contributed by atoms with Gasteiger partial charge in [-0.3, -0.25) is 0 Å². The SMILES string of the molecule is CCOCC.Cc1ccccc1C. The third-order valence-corrected chi connectivity index (χ3v) is 1.83. The van der Waals surface area contributed by atoms with Crippen molar-refractivity contribution in [2.24, 2.45) is 0 Å². The van der Waals surface area contributed by atoms with Crippen molar-refractivity contribution in [1.29, 1.82) is 0 Å². The molecule has 0 unspecified atom stereocenters. The molecule has 0 aliphatic heterocycles. The Balaban J connectivity index is 0.000000252. The molecule has 1 aromatic rings. The van der Waals surface area contributed by atoms with E-state index in [1.807, 2.05) is 13.8 Å². The molecule has 0 heterocycles. The Morgan fingerprint density at radius 1 is 0.923 bits per heavy atom. The van der Waals surface area contributed by atoms with Gasteiger partial charge in [-0.25, -0.2) is 0 Å². The van der Waals surface area contributed by atoms with Gasteiger partial charge in [-0.05, 0) is 38.8 Å². The molecule has 74 valence electrons. The normalized spacial score (nSPS) is 8.92. The topological polar surface area (TPSA) is 9.23 Å². The first kappa shape index (κ1) is 12.2. The van der Waals surface area contributed by atoms with Crippen molar-refractivity contribution in [2.75, 3.05) is 13.2 Å². The van der Waals surface area contributed by atoms with Gasteiger partial charge in [-0.15, -0.1) is 0 Å². The van der Waals surface area contributed by atoms with Crippen LogP contribution < -0.4 is 0 Å². The summed E-state index contributed by atoms with van der Waals surface area (Å²) >= 11 is 0. The zero-order valence-corrected chi connectivity index (χ0v) is 9.13. The van der Waals surface area contributed by atoms with Gasteiger partial charge in [0.1, 0.15) is 0 Å². The summed E-state index contributed by atoms with van der Waals surface area (Å²) in [5.74, 6) is 0. The van der Waals surface area contributed by atoms with Crippen LogP contribution in [0.15, 0.2) is 24.3 Å². The second-order valence-corrected chi connectivity index (χ2v) is 2.87. The largest absolute Gasteiger partial charge is 0.382 e. The zero-order valence-electron chi connectivity index (χ0n) is 9.13. The van der Waals surface area contributed by atoms with Gasteiger partial charge in [0.05, 0.1) is 0 Å². The van der Waals surface area contributed by atoms with E-state index in [-0.39, 0.29) is 0 Å². The lowest BCUT2D eigenvalue weighted by molar-refractivity contribution is 0.162. The lowest BCUT2D eigenvalue weighted by Gasteiger charge is -1.93. The van der Waals surface area contributed by atoms with Crippen molar-refractivity contribution in [3.05, 3.63) is 35.4 Å². The van der Waals surface area contributed by atoms with Gasteiger partial charge in [0, 0.05) is 13.2 Å². The molecule has 0 spiro atoms. The fourth-order valence-corrected chi connectivity index (χ4v) is 0.867. The smallest absolute Gasteiger partial charge is 0.0437 e. The molecule has 0 radical (unpaired) electrons. The van der Waals surface area contributed by atoms with Crippen LogP contribution in [0.25, 0.3) is 0 Å². The minimum absolute atomic E-state index is 0.844. The Hall–Kier alpha value is -0.820. The lowest BCUT2D eigenvalue weighted by Crippen LogP contribution is -1.84. The van der Waals surface area contributed by atoms with E-state index >= 15 is 0 Å². The highest BCUT2D eigenvalue weighted by Crippen LogP contribution is 2.02. The van der Waals surface area contributed by atoms with Gasteiger partial charge >= 0.3 is 0 Å². The quantitative estimate of drug-likeness (QED) is 0.678. The molecule has 0 aromatic heterocycles. The van der Waals surface area contributed by atoms with Crippen molar-refractivity contribution in [3.63, 3.8) is 0 Å². The van der Waals surface area contributed by atoms with E-state index in [0.717, 1.165) is 13.2 Å². The van der Waals surface area contributed by atoms with Crippen LogP contribution >= 0.6 is 0 Å². The fourth-order valence-electron chi connectivity index (χ4n) is 0.867. The van der Waals surface area contributed by atoms with E-state index < -0.39 is 0 Å². The van der Waals surface area contributed by atoms with Crippen molar-refractivity contribution >= 4 is 0 Å². The van der Waals surface area contributed by atoms with E-state index in [1.165, 1.54) is 11.1 Å². The summed E-state index contributed by atoms with van der Waals surface area (Å²) in [6.45, 7) is 9.91. The molecule has 0 fully saturated rings. The molecule has 0 saturated heterocycles. The summed E-state index contributed by atoms with van der Waals surface area (Å²) in [7, 11) is 0. The Morgan fingerprint density at radius 2 is 1.31 bits per heavy atom. The van der Waals surface area contributed by atoms with Crippen LogP contribution in [0.3, 0.4) is 0 Å². The summed E-state index contributed by atoms with van der Waals surface area (Å²) in [5, 5.41) is 0. The van der Waals surface area contributed by atoms with Crippen LogP contribution in [0, 0.1) is 13.8 Å². The van der Waals surface area contributed by atoms with Gasteiger partial charge in [-0.1, -0.05) is 24.3 Å². The maximum Gasteiger partial charge on any atom is 0.0437 e. The molecule has 0 saturated carbocycles. The summed E-state index contributed by atoms with van der Waals surface area (Å²) in [5.41, 5.74) is 2.74. The average molecular weight is 180 g/mol. The van der Waals surface area contributed by atoms with Gasteiger partial charge in [0.2, 0.25) is 0 Å². The number of hydrogen-bond donors (Lipinski definition) is 0. The van der Waals surface area contributed by atoms with Crippen LogP contribution in [0.4, 0.5) is 0 Å². The number of rotatable bonds is 2. The van der Waals surface area contributed by atoms with Crippen molar-refractivity contribution in [2.45, 2.75) is 27.7 Å². The summed E-state index contributed by atoms with van der Waals surface area (Å²) in [6.07, 6.45) is 0. The van der Waals surface area contributed by atoms with Gasteiger partial charge in [0.25, 0.3) is 0 Å². The van der Waals surface area contributed by atoms with Crippen LogP contribution in [0.2, 0.25) is 0 Å². The van der Waals surface area contributed by atoms with Gasteiger partial charge in [-0.2, -0.15) is 0 Å². The molecule has 0 amide bonds. The van der Waals surface area contributed by atoms with Crippen molar-refractivity contribution in [3.8, 4) is 0 Å². The Bertz CT molecular complexity index is 195. The summed E-state index contributed by atoms with van der Waals surface area (Å²) in [6, 6.07) is 8.36. The molecular formula is C12H20O. The molecule has 0 bridgehead atoms. The molecule has 1 rings (SSSR count). The summed E-state index contributed by atoms with van der Waals surface area (Å²) < 4.78 is 4.83. The molecule has 0 aliphatic carbocycles. The Morgan fingerprint density at radius 3 is 1.46 bits per heavy atom. The van der Waals surface area contributed by atoms with E-state index in [2.05, 4.69) is 38.1 Å². The third kappa shape index (κ3) is 6.35. The van der Waals surface area contributed by atoms with E-state index in [0.29, 0.717) is 0 Å². The van der Waals surface area contributed by atoms with E-state index in [9.17, 15) is 0 Å². The Kier molecular flexibility index (Phi) is 7.32. The fraction of sp³-hybridized carbons (Fsp3) is 0.500. The first-order valence-electron chi connectivity index (χ1n) is 4.82. The highest BCUT2D eigenvalue weighted by Gasteiger charge is 1.83. The molecule has 13 heavy (non-hydrogen) atoms. The van der Waals surface area contributed by atoms with Gasteiger partial charge < -0.3 is 4.74 Å². The first-order valence-corrected chi connectivity index (χ1v) is 4.82. The van der Waals surface area contributed by atoms with Crippen molar-refractivity contribution in [1.82, 2.24) is 0 Å². The number of benzene rings is 1. The zero-order chi connectivity index (χ0) is 10.1. The summed E-state index contributed by atoms with van der Waals surface area (Å²) in [4.78, 5) is 0. The number of ether oxygens (including phenoxy) is 1. The Labute approximate surface area is 81.7 Å². The molecule has 0 aliphatic rings. The maximum atomic E-state index is 4.83. The third-order valence-electron chi connectivity index (χ3n) is 1.83. The molecular weight excluding hydrogens is 160 g/mol.